The van der Waals surface area contributed by atoms with Gasteiger partial charge in [-0.2, -0.15) is 5.26 Å². The van der Waals surface area contributed by atoms with Gasteiger partial charge in [-0.3, -0.25) is 0 Å². The van der Waals surface area contributed by atoms with Crippen molar-refractivity contribution in [2.24, 2.45) is 4.99 Å². The lowest BCUT2D eigenvalue weighted by molar-refractivity contribution is 0.501. The van der Waals surface area contributed by atoms with E-state index in [2.05, 4.69) is 15.6 Å². The fourth-order valence-corrected chi connectivity index (χ4v) is 1.57. The van der Waals surface area contributed by atoms with E-state index in [4.69, 9.17) is 5.26 Å². The Balaban J connectivity index is 2.84. The zero-order chi connectivity index (χ0) is 15.2. The molecule has 108 valence electrons. The molecule has 20 heavy (non-hydrogen) atoms. The molecule has 0 unspecified atom stereocenters. The Morgan fingerprint density at radius 3 is 2.60 bits per heavy atom. The predicted molar refractivity (Wildman–Crippen MR) is 78.8 cm³/mol. The molecule has 0 fully saturated rings. The van der Waals surface area contributed by atoms with Gasteiger partial charge in [0, 0.05) is 17.6 Å². The first kappa shape index (κ1) is 16.0. The standard InChI is InChI=1S/C15H21FN4/c1-5-18-14(20-15(2,3)4)19-10-12-7-6-11(9-17)8-13(12)16/h6-8H,5,10H2,1-4H3,(H2,18,19,20). The summed E-state index contributed by atoms with van der Waals surface area (Å²) < 4.78 is 13.8. The molecular weight excluding hydrogens is 255 g/mol. The van der Waals surface area contributed by atoms with Crippen LogP contribution in [0.15, 0.2) is 23.2 Å². The molecule has 0 atom stereocenters. The Hall–Kier alpha value is -2.09. The summed E-state index contributed by atoms with van der Waals surface area (Å²) >= 11 is 0. The normalized spacial score (nSPS) is 11.9. The second kappa shape index (κ2) is 6.90. The lowest BCUT2D eigenvalue weighted by atomic mass is 10.1. The van der Waals surface area contributed by atoms with Crippen molar-refractivity contribution in [3.05, 3.63) is 35.1 Å². The van der Waals surface area contributed by atoms with Gasteiger partial charge in [-0.15, -0.1) is 0 Å². The molecule has 0 heterocycles. The first-order valence-electron chi connectivity index (χ1n) is 6.60. The van der Waals surface area contributed by atoms with Crippen molar-refractivity contribution in [3.63, 3.8) is 0 Å². The average molecular weight is 276 g/mol. The molecule has 0 radical (unpaired) electrons. The molecule has 0 aromatic heterocycles. The molecule has 0 aliphatic rings. The largest absolute Gasteiger partial charge is 0.357 e. The van der Waals surface area contributed by atoms with E-state index in [0.29, 0.717) is 17.1 Å². The van der Waals surface area contributed by atoms with Crippen molar-refractivity contribution in [2.45, 2.75) is 39.8 Å². The van der Waals surface area contributed by atoms with Crippen LogP contribution < -0.4 is 10.6 Å². The van der Waals surface area contributed by atoms with Gasteiger partial charge in [0.1, 0.15) is 5.82 Å². The number of nitrogens with zero attached hydrogens (tertiary/aromatic N) is 2. The number of nitriles is 1. The molecule has 2 N–H and O–H groups in total. The van der Waals surface area contributed by atoms with Gasteiger partial charge in [-0.05, 0) is 39.8 Å². The highest BCUT2D eigenvalue weighted by molar-refractivity contribution is 5.80. The average Bonchev–Trinajstić information content (AvgIpc) is 2.35. The number of guanidine groups is 1. The number of aliphatic imine (C=N–C) groups is 1. The maximum absolute atomic E-state index is 13.8. The van der Waals surface area contributed by atoms with E-state index < -0.39 is 5.82 Å². The maximum atomic E-state index is 13.8. The van der Waals surface area contributed by atoms with E-state index in [1.807, 2.05) is 33.8 Å². The Bertz CT molecular complexity index is 524. The molecule has 0 spiro atoms. The fraction of sp³-hybridized carbons (Fsp3) is 0.467. The van der Waals surface area contributed by atoms with Gasteiger partial charge in [0.15, 0.2) is 5.96 Å². The zero-order valence-electron chi connectivity index (χ0n) is 12.4. The van der Waals surface area contributed by atoms with Crippen LogP contribution in [-0.4, -0.2) is 18.0 Å². The minimum Gasteiger partial charge on any atom is -0.357 e. The molecular formula is C15H21FN4. The minimum absolute atomic E-state index is 0.121. The van der Waals surface area contributed by atoms with Crippen molar-refractivity contribution >= 4 is 5.96 Å². The van der Waals surface area contributed by atoms with Crippen molar-refractivity contribution < 1.29 is 4.39 Å². The molecule has 1 rings (SSSR count). The van der Waals surface area contributed by atoms with E-state index in [9.17, 15) is 4.39 Å². The van der Waals surface area contributed by atoms with Crippen LogP contribution >= 0.6 is 0 Å². The molecule has 4 nitrogen and oxygen atoms in total. The van der Waals surface area contributed by atoms with Crippen LogP contribution in [-0.2, 0) is 6.54 Å². The third-order valence-electron chi connectivity index (χ3n) is 2.43. The highest BCUT2D eigenvalue weighted by Crippen LogP contribution is 2.11. The molecule has 0 saturated heterocycles. The number of rotatable bonds is 3. The summed E-state index contributed by atoms with van der Waals surface area (Å²) in [6.07, 6.45) is 0. The smallest absolute Gasteiger partial charge is 0.191 e. The van der Waals surface area contributed by atoms with Crippen LogP contribution in [0, 0.1) is 17.1 Å². The molecule has 0 saturated carbocycles. The van der Waals surface area contributed by atoms with Crippen molar-refractivity contribution in [1.82, 2.24) is 10.6 Å². The zero-order valence-corrected chi connectivity index (χ0v) is 12.4. The van der Waals surface area contributed by atoms with Crippen molar-refractivity contribution in [1.29, 1.82) is 5.26 Å². The molecule has 0 bridgehead atoms. The van der Waals surface area contributed by atoms with Crippen LogP contribution in [0.5, 0.6) is 0 Å². The van der Waals surface area contributed by atoms with Gasteiger partial charge >= 0.3 is 0 Å². The number of halogens is 1. The lowest BCUT2D eigenvalue weighted by Crippen LogP contribution is -2.47. The quantitative estimate of drug-likeness (QED) is 0.659. The maximum Gasteiger partial charge on any atom is 0.191 e. The van der Waals surface area contributed by atoms with Crippen molar-refractivity contribution in [3.8, 4) is 6.07 Å². The number of hydrogen-bond acceptors (Lipinski definition) is 2. The minimum atomic E-state index is -0.403. The third-order valence-corrected chi connectivity index (χ3v) is 2.43. The summed E-state index contributed by atoms with van der Waals surface area (Å²) in [5.74, 6) is 0.239. The molecule has 1 aromatic rings. The van der Waals surface area contributed by atoms with E-state index in [0.717, 1.165) is 6.54 Å². The predicted octanol–water partition coefficient (Wildman–Crippen LogP) is 2.55. The van der Waals surface area contributed by atoms with E-state index >= 15 is 0 Å². The van der Waals surface area contributed by atoms with Gasteiger partial charge in [0.2, 0.25) is 0 Å². The highest BCUT2D eigenvalue weighted by atomic mass is 19.1. The molecule has 0 aliphatic carbocycles. The van der Waals surface area contributed by atoms with E-state index in [1.54, 1.807) is 12.1 Å². The number of nitrogens with one attached hydrogen (secondary N) is 2. The Labute approximate surface area is 119 Å². The van der Waals surface area contributed by atoms with Gasteiger partial charge < -0.3 is 10.6 Å². The van der Waals surface area contributed by atoms with E-state index in [1.165, 1.54) is 6.07 Å². The number of hydrogen-bond donors (Lipinski definition) is 2. The number of benzene rings is 1. The summed E-state index contributed by atoms with van der Waals surface area (Å²) in [6, 6.07) is 6.33. The topological polar surface area (TPSA) is 60.2 Å². The SMILES string of the molecule is CCNC(=NCc1ccc(C#N)cc1F)NC(C)(C)C. The second-order valence-electron chi connectivity index (χ2n) is 5.49. The highest BCUT2D eigenvalue weighted by Gasteiger charge is 2.12. The Morgan fingerprint density at radius 2 is 2.10 bits per heavy atom. The van der Waals surface area contributed by atoms with Gasteiger partial charge in [-0.25, -0.2) is 9.38 Å². The summed E-state index contributed by atoms with van der Waals surface area (Å²) in [6.45, 7) is 9.02. The van der Waals surface area contributed by atoms with Crippen molar-refractivity contribution in [2.75, 3.05) is 6.54 Å². The first-order valence-corrected chi connectivity index (χ1v) is 6.60. The Kier molecular flexibility index (Phi) is 5.51. The first-order chi connectivity index (χ1) is 9.35. The lowest BCUT2D eigenvalue weighted by Gasteiger charge is -2.23. The van der Waals surface area contributed by atoms with Gasteiger partial charge in [-0.1, -0.05) is 6.07 Å². The summed E-state index contributed by atoms with van der Waals surface area (Å²) in [7, 11) is 0. The molecule has 5 heteroatoms. The van der Waals surface area contributed by atoms with Gasteiger partial charge in [0.25, 0.3) is 0 Å². The fourth-order valence-electron chi connectivity index (χ4n) is 1.57. The monoisotopic (exact) mass is 276 g/mol. The van der Waals surface area contributed by atoms with E-state index in [-0.39, 0.29) is 12.1 Å². The second-order valence-corrected chi connectivity index (χ2v) is 5.49. The third kappa shape index (κ3) is 5.27. The van der Waals surface area contributed by atoms with Crippen LogP contribution in [0.3, 0.4) is 0 Å². The van der Waals surface area contributed by atoms with Crippen LogP contribution in [0.25, 0.3) is 0 Å². The molecule has 1 aromatic carbocycles. The summed E-state index contributed by atoms with van der Waals surface area (Å²) in [5, 5.41) is 15.1. The summed E-state index contributed by atoms with van der Waals surface area (Å²) in [5.41, 5.74) is 0.662. The van der Waals surface area contributed by atoms with Gasteiger partial charge in [0.05, 0.1) is 18.2 Å². The van der Waals surface area contributed by atoms with Crippen LogP contribution in [0.2, 0.25) is 0 Å². The summed E-state index contributed by atoms with van der Waals surface area (Å²) in [4.78, 5) is 4.36. The molecule has 0 aliphatic heterocycles. The Morgan fingerprint density at radius 1 is 1.40 bits per heavy atom. The molecule has 0 amide bonds. The van der Waals surface area contributed by atoms with Crippen LogP contribution in [0.4, 0.5) is 4.39 Å². The van der Waals surface area contributed by atoms with Crippen LogP contribution in [0.1, 0.15) is 38.8 Å².